The minimum atomic E-state index is 0.252. The van der Waals surface area contributed by atoms with Crippen LogP contribution in [-0.2, 0) is 0 Å². The quantitative estimate of drug-likeness (QED) is 0.701. The van der Waals surface area contributed by atoms with Crippen molar-refractivity contribution in [2.45, 2.75) is 45.8 Å². The van der Waals surface area contributed by atoms with E-state index in [1.54, 1.807) is 0 Å². The summed E-state index contributed by atoms with van der Waals surface area (Å²) in [6.07, 6.45) is 0. The molecule has 0 aromatic heterocycles. The Balaban J connectivity index is 2.76. The predicted octanol–water partition coefficient (Wildman–Crippen LogP) is 0.637. The molecule has 0 saturated carbocycles. The van der Waals surface area contributed by atoms with Crippen molar-refractivity contribution in [3.05, 3.63) is 0 Å². The van der Waals surface area contributed by atoms with Gasteiger partial charge < -0.3 is 11.5 Å². The Morgan fingerprint density at radius 1 is 1.29 bits per heavy atom. The maximum absolute atomic E-state index is 6.24. The van der Waals surface area contributed by atoms with E-state index in [9.17, 15) is 0 Å². The van der Waals surface area contributed by atoms with Crippen LogP contribution < -0.4 is 11.5 Å². The molecule has 0 radical (unpaired) electrons. The molecular weight excluding hydrogens is 174 g/mol. The summed E-state index contributed by atoms with van der Waals surface area (Å²) < 4.78 is 0. The van der Waals surface area contributed by atoms with Gasteiger partial charge in [0, 0.05) is 30.6 Å². The van der Waals surface area contributed by atoms with Gasteiger partial charge in [0.1, 0.15) is 0 Å². The zero-order valence-electron chi connectivity index (χ0n) is 9.90. The van der Waals surface area contributed by atoms with Gasteiger partial charge in [0.25, 0.3) is 0 Å². The summed E-state index contributed by atoms with van der Waals surface area (Å²) in [6.45, 7) is 10.8. The van der Waals surface area contributed by atoms with Gasteiger partial charge in [-0.05, 0) is 26.3 Å². The fourth-order valence-corrected chi connectivity index (χ4v) is 2.63. The number of nitrogens with two attached hydrogens (primary N) is 2. The average molecular weight is 199 g/mol. The standard InChI is InChI=1S/C11H25N3/c1-7(2)11-10(13)9(5-12)6-14(11)8(3)4/h7-11H,5-6,12-13H2,1-4H3. The van der Waals surface area contributed by atoms with E-state index in [4.69, 9.17) is 11.5 Å². The second-order valence-corrected chi connectivity index (χ2v) is 5.10. The second kappa shape index (κ2) is 4.60. The smallest absolute Gasteiger partial charge is 0.0276 e. The van der Waals surface area contributed by atoms with Gasteiger partial charge in [0.2, 0.25) is 0 Å². The Kier molecular flexibility index (Phi) is 3.93. The van der Waals surface area contributed by atoms with Crippen LogP contribution in [0.5, 0.6) is 0 Å². The monoisotopic (exact) mass is 199 g/mol. The Bertz CT molecular complexity index is 179. The number of rotatable bonds is 3. The fourth-order valence-electron chi connectivity index (χ4n) is 2.63. The molecule has 1 heterocycles. The van der Waals surface area contributed by atoms with Crippen molar-refractivity contribution in [2.75, 3.05) is 13.1 Å². The van der Waals surface area contributed by atoms with Crippen LogP contribution in [0.15, 0.2) is 0 Å². The van der Waals surface area contributed by atoms with Crippen molar-refractivity contribution in [3.63, 3.8) is 0 Å². The fraction of sp³-hybridized carbons (Fsp3) is 1.00. The Morgan fingerprint density at radius 3 is 2.14 bits per heavy atom. The lowest BCUT2D eigenvalue weighted by Crippen LogP contribution is -2.47. The summed E-state index contributed by atoms with van der Waals surface area (Å²) in [5.74, 6) is 1.09. The highest BCUT2D eigenvalue weighted by Gasteiger charge is 2.41. The van der Waals surface area contributed by atoms with E-state index in [-0.39, 0.29) is 6.04 Å². The first-order chi connectivity index (χ1) is 6.49. The third kappa shape index (κ3) is 2.10. The van der Waals surface area contributed by atoms with E-state index in [2.05, 4.69) is 32.6 Å². The highest BCUT2D eigenvalue weighted by molar-refractivity contribution is 4.98. The van der Waals surface area contributed by atoms with E-state index < -0.39 is 0 Å². The first-order valence-corrected chi connectivity index (χ1v) is 5.70. The normalized spacial score (nSPS) is 34.7. The van der Waals surface area contributed by atoms with Gasteiger partial charge in [-0.2, -0.15) is 0 Å². The summed E-state index contributed by atoms with van der Waals surface area (Å²) in [5.41, 5.74) is 12.0. The largest absolute Gasteiger partial charge is 0.330 e. The molecular formula is C11H25N3. The van der Waals surface area contributed by atoms with E-state index in [1.807, 2.05) is 0 Å². The van der Waals surface area contributed by atoms with Crippen molar-refractivity contribution < 1.29 is 0 Å². The topological polar surface area (TPSA) is 55.3 Å². The Labute approximate surface area is 87.8 Å². The second-order valence-electron chi connectivity index (χ2n) is 5.10. The molecule has 0 bridgehead atoms. The highest BCUT2D eigenvalue weighted by atomic mass is 15.2. The lowest BCUT2D eigenvalue weighted by Gasteiger charge is -2.32. The van der Waals surface area contributed by atoms with Crippen molar-refractivity contribution in [1.82, 2.24) is 4.90 Å². The zero-order valence-corrected chi connectivity index (χ0v) is 9.90. The molecule has 1 aliphatic rings. The lowest BCUT2D eigenvalue weighted by molar-refractivity contribution is 0.157. The summed E-state index contributed by atoms with van der Waals surface area (Å²) >= 11 is 0. The van der Waals surface area contributed by atoms with Crippen molar-refractivity contribution in [3.8, 4) is 0 Å². The lowest BCUT2D eigenvalue weighted by atomic mass is 9.92. The van der Waals surface area contributed by atoms with E-state index in [1.165, 1.54) is 0 Å². The van der Waals surface area contributed by atoms with Crippen LogP contribution in [0.25, 0.3) is 0 Å². The van der Waals surface area contributed by atoms with Gasteiger partial charge in [0.15, 0.2) is 0 Å². The van der Waals surface area contributed by atoms with Crippen molar-refractivity contribution in [2.24, 2.45) is 23.3 Å². The molecule has 4 N–H and O–H groups in total. The predicted molar refractivity (Wildman–Crippen MR) is 61.0 cm³/mol. The molecule has 0 aliphatic carbocycles. The van der Waals surface area contributed by atoms with Gasteiger partial charge in [0.05, 0.1) is 0 Å². The Morgan fingerprint density at radius 2 is 1.86 bits per heavy atom. The van der Waals surface area contributed by atoms with Gasteiger partial charge in [-0.1, -0.05) is 13.8 Å². The van der Waals surface area contributed by atoms with Gasteiger partial charge >= 0.3 is 0 Å². The van der Waals surface area contributed by atoms with Crippen LogP contribution in [0.4, 0.5) is 0 Å². The number of hydrogen-bond acceptors (Lipinski definition) is 3. The molecule has 1 fully saturated rings. The first-order valence-electron chi connectivity index (χ1n) is 5.70. The Hall–Kier alpha value is -0.120. The minimum Gasteiger partial charge on any atom is -0.330 e. The molecule has 3 atom stereocenters. The number of likely N-dealkylation sites (tertiary alicyclic amines) is 1. The molecule has 1 rings (SSSR count). The van der Waals surface area contributed by atoms with Crippen LogP contribution in [0, 0.1) is 11.8 Å². The van der Waals surface area contributed by atoms with Gasteiger partial charge in [-0.3, -0.25) is 4.90 Å². The third-order valence-corrected chi connectivity index (χ3v) is 3.42. The molecule has 1 aliphatic heterocycles. The molecule has 3 unspecified atom stereocenters. The summed E-state index contributed by atoms with van der Waals surface area (Å²) in [5, 5.41) is 0. The van der Waals surface area contributed by atoms with Crippen molar-refractivity contribution in [1.29, 1.82) is 0 Å². The van der Waals surface area contributed by atoms with Crippen LogP contribution in [0.3, 0.4) is 0 Å². The SMILES string of the molecule is CC(C)C1C(N)C(CN)CN1C(C)C. The molecule has 0 spiro atoms. The third-order valence-electron chi connectivity index (χ3n) is 3.42. The van der Waals surface area contributed by atoms with Crippen LogP contribution in [0.2, 0.25) is 0 Å². The zero-order chi connectivity index (χ0) is 10.9. The molecule has 14 heavy (non-hydrogen) atoms. The molecule has 0 aromatic rings. The van der Waals surface area contributed by atoms with Crippen LogP contribution >= 0.6 is 0 Å². The number of nitrogens with zero attached hydrogens (tertiary/aromatic N) is 1. The summed E-state index contributed by atoms with van der Waals surface area (Å²) in [7, 11) is 0. The van der Waals surface area contributed by atoms with E-state index >= 15 is 0 Å². The molecule has 84 valence electrons. The summed E-state index contributed by atoms with van der Waals surface area (Å²) in [4.78, 5) is 2.51. The highest BCUT2D eigenvalue weighted by Crippen LogP contribution is 2.28. The van der Waals surface area contributed by atoms with E-state index in [0.29, 0.717) is 30.5 Å². The molecule has 0 aromatic carbocycles. The minimum absolute atomic E-state index is 0.252. The molecule has 0 amide bonds. The maximum Gasteiger partial charge on any atom is 0.0276 e. The first kappa shape index (κ1) is 12.0. The number of hydrogen-bond donors (Lipinski definition) is 2. The molecule has 1 saturated heterocycles. The van der Waals surface area contributed by atoms with Crippen LogP contribution in [-0.4, -0.2) is 36.1 Å². The molecule has 3 nitrogen and oxygen atoms in total. The average Bonchev–Trinajstić information content (AvgIpc) is 2.42. The van der Waals surface area contributed by atoms with E-state index in [0.717, 1.165) is 6.54 Å². The van der Waals surface area contributed by atoms with Crippen molar-refractivity contribution >= 4 is 0 Å². The van der Waals surface area contributed by atoms with Crippen LogP contribution in [0.1, 0.15) is 27.7 Å². The maximum atomic E-state index is 6.24. The van der Waals surface area contributed by atoms with Gasteiger partial charge in [-0.15, -0.1) is 0 Å². The summed E-state index contributed by atoms with van der Waals surface area (Å²) in [6, 6.07) is 1.33. The van der Waals surface area contributed by atoms with Gasteiger partial charge in [-0.25, -0.2) is 0 Å². The molecule has 3 heteroatoms.